The number of carbonyl (C=O) groups excluding carboxylic acids is 2. The highest BCUT2D eigenvalue weighted by Crippen LogP contribution is 2.17. The maximum Gasteiger partial charge on any atom is 0.239 e. The molecule has 0 spiro atoms. The van der Waals surface area contributed by atoms with Crippen LogP contribution in [-0.2, 0) is 9.59 Å². The third-order valence-corrected chi connectivity index (χ3v) is 2.57. The van der Waals surface area contributed by atoms with Crippen molar-refractivity contribution in [2.45, 2.75) is 44.8 Å². The number of hydrogen-bond donors (Lipinski definition) is 3. The van der Waals surface area contributed by atoms with Crippen LogP contribution in [-0.4, -0.2) is 35.6 Å². The molecule has 1 aliphatic carbocycles. The average molecular weight is 214 g/mol. The zero-order chi connectivity index (χ0) is 11.3. The molecule has 0 aliphatic heterocycles. The molecule has 86 valence electrons. The van der Waals surface area contributed by atoms with E-state index in [2.05, 4.69) is 10.6 Å². The van der Waals surface area contributed by atoms with Crippen LogP contribution >= 0.6 is 0 Å². The number of aliphatic hydroxyl groups excluding tert-OH is 1. The van der Waals surface area contributed by atoms with Crippen molar-refractivity contribution in [3.63, 3.8) is 0 Å². The first kappa shape index (κ1) is 12.0. The third kappa shape index (κ3) is 4.29. The van der Waals surface area contributed by atoms with Gasteiger partial charge < -0.3 is 15.7 Å². The Morgan fingerprint density at radius 1 is 1.33 bits per heavy atom. The number of carbonyl (C=O) groups is 2. The van der Waals surface area contributed by atoms with Gasteiger partial charge in [0.1, 0.15) is 0 Å². The summed E-state index contributed by atoms with van der Waals surface area (Å²) >= 11 is 0. The summed E-state index contributed by atoms with van der Waals surface area (Å²) in [5.74, 6) is -0.467. The molecule has 15 heavy (non-hydrogen) atoms. The monoisotopic (exact) mass is 214 g/mol. The van der Waals surface area contributed by atoms with E-state index in [4.69, 9.17) is 0 Å². The second-order valence-corrected chi connectivity index (χ2v) is 3.94. The summed E-state index contributed by atoms with van der Waals surface area (Å²) in [5, 5.41) is 14.7. The van der Waals surface area contributed by atoms with Crippen LogP contribution in [0, 0.1) is 0 Å². The molecular formula is C10H18N2O3. The van der Waals surface area contributed by atoms with E-state index in [1.165, 1.54) is 6.92 Å². The first-order valence-corrected chi connectivity index (χ1v) is 5.31. The number of nitrogens with one attached hydrogen (secondary N) is 2. The average Bonchev–Trinajstić information content (AvgIpc) is 2.18. The molecule has 2 amide bonds. The van der Waals surface area contributed by atoms with Crippen LogP contribution in [0.1, 0.15) is 32.6 Å². The molecule has 0 aromatic heterocycles. The van der Waals surface area contributed by atoms with Gasteiger partial charge in [0, 0.05) is 6.92 Å². The van der Waals surface area contributed by atoms with Crippen molar-refractivity contribution >= 4 is 11.8 Å². The van der Waals surface area contributed by atoms with Crippen molar-refractivity contribution in [2.75, 3.05) is 6.54 Å². The summed E-state index contributed by atoms with van der Waals surface area (Å²) in [6, 6.07) is -0.153. The summed E-state index contributed by atoms with van der Waals surface area (Å²) in [6.45, 7) is 1.35. The van der Waals surface area contributed by atoms with Crippen LogP contribution in [0.3, 0.4) is 0 Å². The van der Waals surface area contributed by atoms with Gasteiger partial charge >= 0.3 is 0 Å². The lowest BCUT2D eigenvalue weighted by molar-refractivity contribution is -0.126. The molecule has 3 N–H and O–H groups in total. The lowest BCUT2D eigenvalue weighted by Gasteiger charge is -2.28. The Labute approximate surface area is 89.2 Å². The third-order valence-electron chi connectivity index (χ3n) is 2.57. The minimum atomic E-state index is -0.444. The number of rotatable bonds is 3. The predicted octanol–water partition coefficient (Wildman–Crippen LogP) is -0.458. The van der Waals surface area contributed by atoms with Gasteiger partial charge in [-0.15, -0.1) is 0 Å². The molecule has 5 heteroatoms. The zero-order valence-corrected chi connectivity index (χ0v) is 8.95. The van der Waals surface area contributed by atoms with E-state index in [0.29, 0.717) is 0 Å². The van der Waals surface area contributed by atoms with Gasteiger partial charge in [-0.05, 0) is 12.8 Å². The molecule has 0 heterocycles. The Hall–Kier alpha value is -1.10. The van der Waals surface area contributed by atoms with Crippen molar-refractivity contribution in [2.24, 2.45) is 0 Å². The number of aliphatic hydroxyl groups is 1. The lowest BCUT2D eigenvalue weighted by atomic mass is 9.92. The number of amides is 2. The topological polar surface area (TPSA) is 78.4 Å². The van der Waals surface area contributed by atoms with Crippen LogP contribution in [0.4, 0.5) is 0 Å². The minimum absolute atomic E-state index is 0.0153. The Morgan fingerprint density at radius 3 is 2.60 bits per heavy atom. The van der Waals surface area contributed by atoms with Gasteiger partial charge in [-0.25, -0.2) is 0 Å². The molecule has 2 unspecified atom stereocenters. The van der Waals surface area contributed by atoms with E-state index in [1.807, 2.05) is 0 Å². The fraction of sp³-hybridized carbons (Fsp3) is 0.800. The normalized spacial score (nSPS) is 25.7. The standard InChI is InChI=1S/C10H18N2O3/c1-7(13)11-6-10(15)12-8-4-2-3-5-9(8)14/h8-9,14H,2-6H2,1H3,(H,11,13)(H,12,15). The smallest absolute Gasteiger partial charge is 0.239 e. The SMILES string of the molecule is CC(=O)NCC(=O)NC1CCCCC1O. The fourth-order valence-corrected chi connectivity index (χ4v) is 1.74. The van der Waals surface area contributed by atoms with Gasteiger partial charge in [-0.2, -0.15) is 0 Å². The molecule has 1 aliphatic rings. The Kier molecular flexibility index (Phi) is 4.55. The van der Waals surface area contributed by atoms with Crippen molar-refractivity contribution in [3.8, 4) is 0 Å². The Morgan fingerprint density at radius 2 is 2.00 bits per heavy atom. The van der Waals surface area contributed by atoms with Crippen molar-refractivity contribution < 1.29 is 14.7 Å². The second-order valence-electron chi connectivity index (χ2n) is 3.94. The molecule has 1 saturated carbocycles. The molecule has 0 aromatic carbocycles. The van der Waals surface area contributed by atoms with E-state index in [-0.39, 0.29) is 24.4 Å². The van der Waals surface area contributed by atoms with Crippen molar-refractivity contribution in [1.29, 1.82) is 0 Å². The van der Waals surface area contributed by atoms with Crippen LogP contribution < -0.4 is 10.6 Å². The summed E-state index contributed by atoms with van der Waals surface area (Å²) in [5.41, 5.74) is 0. The maximum absolute atomic E-state index is 11.3. The molecular weight excluding hydrogens is 196 g/mol. The maximum atomic E-state index is 11.3. The van der Waals surface area contributed by atoms with Crippen LogP contribution in [0.25, 0.3) is 0 Å². The van der Waals surface area contributed by atoms with Gasteiger partial charge in [-0.1, -0.05) is 12.8 Å². The first-order valence-electron chi connectivity index (χ1n) is 5.31. The van der Waals surface area contributed by atoms with Crippen molar-refractivity contribution in [1.82, 2.24) is 10.6 Å². The van der Waals surface area contributed by atoms with Gasteiger partial charge in [0.25, 0.3) is 0 Å². The summed E-state index contributed by atoms with van der Waals surface area (Å²) < 4.78 is 0. The van der Waals surface area contributed by atoms with Gasteiger partial charge in [-0.3, -0.25) is 9.59 Å². The predicted molar refractivity (Wildman–Crippen MR) is 55.1 cm³/mol. The summed E-state index contributed by atoms with van der Waals surface area (Å²) in [7, 11) is 0. The van der Waals surface area contributed by atoms with E-state index >= 15 is 0 Å². The van der Waals surface area contributed by atoms with Crippen LogP contribution in [0.5, 0.6) is 0 Å². The Bertz CT molecular complexity index is 243. The van der Waals surface area contributed by atoms with Gasteiger partial charge in [0.2, 0.25) is 11.8 Å². The van der Waals surface area contributed by atoms with E-state index in [1.54, 1.807) is 0 Å². The molecule has 0 radical (unpaired) electrons. The van der Waals surface area contributed by atoms with E-state index in [9.17, 15) is 14.7 Å². The Balaban J connectivity index is 2.26. The molecule has 1 rings (SSSR count). The largest absolute Gasteiger partial charge is 0.391 e. The lowest BCUT2D eigenvalue weighted by Crippen LogP contribution is -2.48. The molecule has 2 atom stereocenters. The first-order chi connectivity index (χ1) is 7.09. The molecule has 1 fully saturated rings. The minimum Gasteiger partial charge on any atom is -0.391 e. The van der Waals surface area contributed by atoms with Crippen LogP contribution in [0.15, 0.2) is 0 Å². The van der Waals surface area contributed by atoms with Gasteiger partial charge in [0.15, 0.2) is 0 Å². The second kappa shape index (κ2) is 5.70. The molecule has 0 saturated heterocycles. The fourth-order valence-electron chi connectivity index (χ4n) is 1.74. The summed E-state index contributed by atoms with van der Waals surface area (Å²) in [6.07, 6.45) is 3.15. The molecule has 5 nitrogen and oxygen atoms in total. The number of hydrogen-bond acceptors (Lipinski definition) is 3. The summed E-state index contributed by atoms with van der Waals surface area (Å²) in [4.78, 5) is 21.9. The highest BCUT2D eigenvalue weighted by atomic mass is 16.3. The molecule has 0 aromatic rings. The van der Waals surface area contributed by atoms with E-state index in [0.717, 1.165) is 25.7 Å². The zero-order valence-electron chi connectivity index (χ0n) is 8.95. The van der Waals surface area contributed by atoms with Crippen molar-refractivity contribution in [3.05, 3.63) is 0 Å². The van der Waals surface area contributed by atoms with Crippen LogP contribution in [0.2, 0.25) is 0 Å². The molecule has 0 bridgehead atoms. The van der Waals surface area contributed by atoms with Gasteiger partial charge in [0.05, 0.1) is 18.7 Å². The highest BCUT2D eigenvalue weighted by Gasteiger charge is 2.24. The van der Waals surface area contributed by atoms with E-state index < -0.39 is 6.10 Å². The highest BCUT2D eigenvalue weighted by molar-refractivity contribution is 5.83. The quantitative estimate of drug-likeness (QED) is 0.595.